The molecular weight excluding hydrogens is 420 g/mol. The topological polar surface area (TPSA) is 66.9 Å². The van der Waals surface area contributed by atoms with E-state index in [-0.39, 0.29) is 6.03 Å². The molecule has 9 heteroatoms. The number of rotatable bonds is 5. The minimum Gasteiger partial charge on any atom is -0.497 e. The van der Waals surface area contributed by atoms with Gasteiger partial charge in [0.25, 0.3) is 0 Å². The molecule has 0 aliphatic carbocycles. The summed E-state index contributed by atoms with van der Waals surface area (Å²) in [6.07, 6.45) is 2.07. The third-order valence-electron chi connectivity index (χ3n) is 5.08. The number of amides is 2. The second-order valence-electron chi connectivity index (χ2n) is 6.77. The van der Waals surface area contributed by atoms with Crippen LogP contribution in [0.1, 0.15) is 0 Å². The Labute approximate surface area is 184 Å². The monoisotopic (exact) mass is 444 g/mol. The Morgan fingerprint density at radius 1 is 1.13 bits per heavy atom. The summed E-state index contributed by atoms with van der Waals surface area (Å²) >= 11 is 3.42. The highest BCUT2D eigenvalue weighted by Gasteiger charge is 2.24. The lowest BCUT2D eigenvalue weighted by Crippen LogP contribution is -2.50. The fraction of sp³-hybridized carbons (Fsp3) is 0.333. The van der Waals surface area contributed by atoms with Gasteiger partial charge < -0.3 is 24.6 Å². The van der Waals surface area contributed by atoms with E-state index in [1.807, 2.05) is 4.90 Å². The van der Waals surface area contributed by atoms with Crippen LogP contribution in [0.2, 0.25) is 0 Å². The number of carbonyl (C=O) groups is 1. The van der Waals surface area contributed by atoms with Crippen LogP contribution in [0.25, 0.3) is 10.2 Å². The summed E-state index contributed by atoms with van der Waals surface area (Å²) in [6.45, 7) is 2.77. The van der Waals surface area contributed by atoms with Crippen molar-refractivity contribution in [1.82, 2.24) is 9.88 Å². The summed E-state index contributed by atoms with van der Waals surface area (Å²) in [5, 5.41) is 3.96. The lowest BCUT2D eigenvalue weighted by Gasteiger charge is -2.34. The second-order valence-corrected chi connectivity index (χ2v) is 8.63. The third kappa shape index (κ3) is 4.13. The van der Waals surface area contributed by atoms with Gasteiger partial charge in [0.1, 0.15) is 11.5 Å². The molecule has 0 spiro atoms. The number of aromatic nitrogens is 1. The maximum Gasteiger partial charge on any atom is 0.322 e. The Balaban J connectivity index is 1.40. The minimum atomic E-state index is -0.132. The zero-order valence-corrected chi connectivity index (χ0v) is 18.8. The quantitative estimate of drug-likeness (QED) is 0.589. The van der Waals surface area contributed by atoms with E-state index >= 15 is 0 Å². The van der Waals surface area contributed by atoms with E-state index in [1.54, 1.807) is 55.5 Å². The molecule has 7 nitrogen and oxygen atoms in total. The number of carbonyl (C=O) groups excluding carboxylic acids is 1. The minimum absolute atomic E-state index is 0.132. The first-order chi connectivity index (χ1) is 14.6. The van der Waals surface area contributed by atoms with Crippen molar-refractivity contribution >= 4 is 50.2 Å². The van der Waals surface area contributed by atoms with Gasteiger partial charge in [-0.15, -0.1) is 11.8 Å². The highest BCUT2D eigenvalue weighted by atomic mass is 32.2. The van der Waals surface area contributed by atoms with Crippen LogP contribution in [-0.2, 0) is 0 Å². The number of hydrogen-bond acceptors (Lipinski definition) is 7. The van der Waals surface area contributed by atoms with E-state index in [0.29, 0.717) is 30.3 Å². The van der Waals surface area contributed by atoms with Gasteiger partial charge in [0.2, 0.25) is 0 Å². The maximum atomic E-state index is 12.8. The Morgan fingerprint density at radius 2 is 1.93 bits per heavy atom. The average molecular weight is 445 g/mol. The molecule has 2 heterocycles. The molecule has 4 rings (SSSR count). The van der Waals surface area contributed by atoms with Gasteiger partial charge in [0, 0.05) is 37.1 Å². The van der Waals surface area contributed by atoms with Crippen LogP contribution < -0.4 is 19.7 Å². The highest BCUT2D eigenvalue weighted by molar-refractivity contribution is 7.98. The largest absolute Gasteiger partial charge is 0.497 e. The molecule has 1 aliphatic rings. The molecule has 0 unspecified atom stereocenters. The SMILES string of the molecule is COc1ccc(NC(=O)N2CCN(c3nc4c(SC)cccc4s3)CC2)c(OC)c1. The van der Waals surface area contributed by atoms with Gasteiger partial charge in [-0.3, -0.25) is 0 Å². The summed E-state index contributed by atoms with van der Waals surface area (Å²) in [5.41, 5.74) is 1.69. The Morgan fingerprint density at radius 3 is 2.63 bits per heavy atom. The number of thiazole rings is 1. The first-order valence-corrected chi connectivity index (χ1v) is 11.6. The summed E-state index contributed by atoms with van der Waals surface area (Å²) in [5.74, 6) is 1.25. The zero-order valence-electron chi connectivity index (χ0n) is 17.2. The Bertz CT molecular complexity index is 1050. The molecule has 2 aromatic carbocycles. The van der Waals surface area contributed by atoms with Gasteiger partial charge in [-0.1, -0.05) is 17.4 Å². The number of urea groups is 1. The zero-order chi connectivity index (χ0) is 21.1. The normalized spacial score (nSPS) is 14.1. The van der Waals surface area contributed by atoms with Gasteiger partial charge in [-0.05, 0) is 30.5 Å². The number of anilines is 2. The third-order valence-corrected chi connectivity index (χ3v) is 6.93. The maximum absolute atomic E-state index is 12.8. The van der Waals surface area contributed by atoms with Gasteiger partial charge in [-0.2, -0.15) is 0 Å². The lowest BCUT2D eigenvalue weighted by atomic mass is 10.2. The molecule has 0 radical (unpaired) electrons. The molecule has 30 heavy (non-hydrogen) atoms. The van der Waals surface area contributed by atoms with Crippen molar-refractivity contribution in [2.45, 2.75) is 4.90 Å². The summed E-state index contributed by atoms with van der Waals surface area (Å²) in [7, 11) is 3.17. The second kappa shape index (κ2) is 9.01. The summed E-state index contributed by atoms with van der Waals surface area (Å²) in [4.78, 5) is 22.9. The van der Waals surface area contributed by atoms with Crippen LogP contribution in [0.3, 0.4) is 0 Å². The smallest absolute Gasteiger partial charge is 0.322 e. The standard InChI is InChI=1S/C21H24N4O3S2/c1-27-14-7-8-15(16(13-14)28-2)22-20(26)24-9-11-25(12-10-24)21-23-19-17(29-3)5-4-6-18(19)30-21/h4-8,13H,9-12H2,1-3H3,(H,22,26). The molecular formula is C21H24N4O3S2. The van der Waals surface area contributed by atoms with Gasteiger partial charge in [0.15, 0.2) is 5.13 Å². The van der Waals surface area contributed by atoms with E-state index < -0.39 is 0 Å². The number of ether oxygens (including phenoxy) is 2. The van der Waals surface area contributed by atoms with Crippen molar-refractivity contribution in [3.05, 3.63) is 36.4 Å². The van der Waals surface area contributed by atoms with E-state index in [4.69, 9.17) is 14.5 Å². The summed E-state index contributed by atoms with van der Waals surface area (Å²) in [6, 6.07) is 11.5. The molecule has 1 aromatic heterocycles. The van der Waals surface area contributed by atoms with E-state index in [2.05, 4.69) is 34.7 Å². The molecule has 0 bridgehead atoms. The molecule has 1 aliphatic heterocycles. The van der Waals surface area contributed by atoms with E-state index in [1.165, 1.54) is 9.60 Å². The fourth-order valence-corrected chi connectivity index (χ4v) is 5.08. The van der Waals surface area contributed by atoms with Crippen molar-refractivity contribution in [3.8, 4) is 11.5 Å². The predicted octanol–water partition coefficient (Wildman–Crippen LogP) is 4.39. The molecule has 158 valence electrons. The van der Waals surface area contributed by atoms with Crippen LogP contribution in [0, 0.1) is 0 Å². The highest BCUT2D eigenvalue weighted by Crippen LogP contribution is 2.34. The number of methoxy groups -OCH3 is 2. The molecule has 1 saturated heterocycles. The number of piperazine rings is 1. The molecule has 0 atom stereocenters. The van der Waals surface area contributed by atoms with Crippen LogP contribution >= 0.6 is 23.1 Å². The van der Waals surface area contributed by atoms with Crippen LogP contribution in [0.15, 0.2) is 41.3 Å². The molecule has 3 aromatic rings. The molecule has 0 saturated carbocycles. The summed E-state index contributed by atoms with van der Waals surface area (Å²) < 4.78 is 11.8. The molecule has 1 N–H and O–H groups in total. The fourth-order valence-electron chi connectivity index (χ4n) is 3.41. The van der Waals surface area contributed by atoms with E-state index in [9.17, 15) is 4.79 Å². The van der Waals surface area contributed by atoms with Crippen molar-refractivity contribution in [1.29, 1.82) is 0 Å². The first-order valence-electron chi connectivity index (χ1n) is 9.59. The number of benzene rings is 2. The Kier molecular flexibility index (Phi) is 6.19. The van der Waals surface area contributed by atoms with Crippen LogP contribution in [-0.4, -0.2) is 62.6 Å². The van der Waals surface area contributed by atoms with Gasteiger partial charge in [0.05, 0.1) is 30.1 Å². The molecule has 2 amide bonds. The number of para-hydroxylation sites is 1. The Hall–Kier alpha value is -2.65. The van der Waals surface area contributed by atoms with Crippen molar-refractivity contribution < 1.29 is 14.3 Å². The number of nitrogens with zero attached hydrogens (tertiary/aromatic N) is 3. The van der Waals surface area contributed by atoms with Crippen LogP contribution in [0.5, 0.6) is 11.5 Å². The number of nitrogens with one attached hydrogen (secondary N) is 1. The number of thioether (sulfide) groups is 1. The lowest BCUT2D eigenvalue weighted by molar-refractivity contribution is 0.208. The van der Waals surface area contributed by atoms with E-state index in [0.717, 1.165) is 23.7 Å². The van der Waals surface area contributed by atoms with Crippen molar-refractivity contribution in [2.75, 3.05) is 56.9 Å². The predicted molar refractivity (Wildman–Crippen MR) is 124 cm³/mol. The molecule has 1 fully saturated rings. The average Bonchev–Trinajstić information content (AvgIpc) is 3.24. The van der Waals surface area contributed by atoms with Gasteiger partial charge in [-0.25, -0.2) is 9.78 Å². The number of fused-ring (bicyclic) bond motifs is 1. The first kappa shape index (κ1) is 20.6. The van der Waals surface area contributed by atoms with Crippen LogP contribution in [0.4, 0.5) is 15.6 Å². The van der Waals surface area contributed by atoms with Gasteiger partial charge >= 0.3 is 6.03 Å². The van der Waals surface area contributed by atoms with Crippen molar-refractivity contribution in [3.63, 3.8) is 0 Å². The number of hydrogen-bond donors (Lipinski definition) is 1. The van der Waals surface area contributed by atoms with Crippen molar-refractivity contribution in [2.24, 2.45) is 0 Å².